The summed E-state index contributed by atoms with van der Waals surface area (Å²) in [6.07, 6.45) is 4.06. The molecule has 174 valence electrons. The average Bonchev–Trinajstić information content (AvgIpc) is 3.43. The number of amides is 1. The van der Waals surface area contributed by atoms with Crippen molar-refractivity contribution in [3.8, 4) is 0 Å². The van der Waals surface area contributed by atoms with Gasteiger partial charge in [-0.2, -0.15) is 4.31 Å². The average molecular weight is 473 g/mol. The summed E-state index contributed by atoms with van der Waals surface area (Å²) >= 11 is 0. The molecule has 11 heteroatoms. The Morgan fingerprint density at radius 1 is 1.00 bits per heavy atom. The van der Waals surface area contributed by atoms with E-state index in [0.29, 0.717) is 26.1 Å². The first kappa shape index (κ1) is 24.1. The van der Waals surface area contributed by atoms with E-state index >= 15 is 0 Å². The van der Waals surface area contributed by atoms with E-state index < -0.39 is 20.0 Å². The molecule has 3 rings (SSSR count). The van der Waals surface area contributed by atoms with E-state index in [1.165, 1.54) is 28.6 Å². The summed E-state index contributed by atoms with van der Waals surface area (Å²) in [5, 5.41) is 0. The molecule has 1 atom stereocenters. The molecule has 2 fully saturated rings. The molecule has 0 aromatic heterocycles. The van der Waals surface area contributed by atoms with Crippen molar-refractivity contribution in [3.05, 3.63) is 24.3 Å². The molecule has 0 spiro atoms. The van der Waals surface area contributed by atoms with Crippen LogP contribution in [0, 0.1) is 0 Å². The molecule has 2 saturated heterocycles. The minimum absolute atomic E-state index is 0.0368. The first-order chi connectivity index (χ1) is 14.6. The van der Waals surface area contributed by atoms with Crippen molar-refractivity contribution in [2.24, 2.45) is 0 Å². The normalized spacial score (nSPS) is 20.9. The first-order valence-corrected chi connectivity index (χ1v) is 13.6. The largest absolute Gasteiger partial charge is 0.347 e. The Kier molecular flexibility index (Phi) is 7.74. The Balaban J connectivity index is 1.53. The maximum atomic E-state index is 12.6. The third-order valence-electron chi connectivity index (χ3n) is 5.84. The van der Waals surface area contributed by atoms with Crippen LogP contribution in [0.1, 0.15) is 32.1 Å². The van der Waals surface area contributed by atoms with Crippen molar-refractivity contribution < 1.29 is 21.6 Å². The Morgan fingerprint density at radius 2 is 1.61 bits per heavy atom. The molecule has 1 unspecified atom stereocenters. The number of carbonyl (C=O) groups is 1. The monoisotopic (exact) mass is 472 g/mol. The molecule has 0 saturated carbocycles. The molecule has 0 bridgehead atoms. The van der Waals surface area contributed by atoms with Crippen LogP contribution in [-0.4, -0.2) is 89.7 Å². The van der Waals surface area contributed by atoms with Gasteiger partial charge in [0.15, 0.2) is 0 Å². The van der Waals surface area contributed by atoms with Gasteiger partial charge < -0.3 is 4.90 Å². The Hall–Kier alpha value is -1.53. The zero-order valence-corrected chi connectivity index (χ0v) is 19.8. The second kappa shape index (κ2) is 9.95. The number of carbonyl (C=O) groups excluding carboxylic acids is 1. The lowest BCUT2D eigenvalue weighted by molar-refractivity contribution is -0.133. The Labute approximate surface area is 185 Å². The topological polar surface area (TPSA) is 107 Å². The van der Waals surface area contributed by atoms with Crippen molar-refractivity contribution in [2.75, 3.05) is 46.8 Å². The second-order valence-electron chi connectivity index (χ2n) is 8.26. The third-order valence-corrected chi connectivity index (χ3v) is 9.23. The molecule has 1 aromatic carbocycles. The number of sulfonamides is 2. The van der Waals surface area contributed by atoms with Crippen LogP contribution in [0.2, 0.25) is 0 Å². The summed E-state index contributed by atoms with van der Waals surface area (Å²) in [7, 11) is -3.81. The van der Waals surface area contributed by atoms with Gasteiger partial charge in [-0.1, -0.05) is 0 Å². The van der Waals surface area contributed by atoms with Gasteiger partial charge in [0, 0.05) is 40.3 Å². The van der Waals surface area contributed by atoms with Gasteiger partial charge in [-0.3, -0.25) is 9.69 Å². The van der Waals surface area contributed by atoms with Crippen LogP contribution in [0.4, 0.5) is 0 Å². The Bertz CT molecular complexity index is 971. The van der Waals surface area contributed by atoms with E-state index in [1.807, 2.05) is 0 Å². The van der Waals surface area contributed by atoms with Gasteiger partial charge in [-0.05, 0) is 62.9 Å². The minimum Gasteiger partial charge on any atom is -0.347 e. The number of nitrogens with zero attached hydrogens (tertiary/aromatic N) is 3. The molecule has 0 aliphatic carbocycles. The molecule has 31 heavy (non-hydrogen) atoms. The molecular weight excluding hydrogens is 440 g/mol. The zero-order valence-electron chi connectivity index (χ0n) is 18.2. The number of benzene rings is 1. The molecule has 1 amide bonds. The fourth-order valence-corrected chi connectivity index (χ4v) is 6.70. The summed E-state index contributed by atoms with van der Waals surface area (Å²) in [5.74, 6) is 0.0852. The maximum absolute atomic E-state index is 12.6. The van der Waals surface area contributed by atoms with E-state index in [4.69, 9.17) is 0 Å². The number of hydrogen-bond donors (Lipinski definition) is 1. The van der Waals surface area contributed by atoms with Crippen LogP contribution in [0.5, 0.6) is 0 Å². The van der Waals surface area contributed by atoms with Gasteiger partial charge in [0.05, 0.1) is 15.8 Å². The van der Waals surface area contributed by atoms with E-state index in [2.05, 4.69) is 9.62 Å². The fourth-order valence-electron chi connectivity index (χ4n) is 4.11. The highest BCUT2D eigenvalue weighted by atomic mass is 32.2. The lowest BCUT2D eigenvalue weighted by Gasteiger charge is -2.26. The molecule has 2 aliphatic rings. The van der Waals surface area contributed by atoms with Gasteiger partial charge >= 0.3 is 0 Å². The van der Waals surface area contributed by atoms with E-state index in [9.17, 15) is 21.6 Å². The van der Waals surface area contributed by atoms with Gasteiger partial charge in [0.2, 0.25) is 26.0 Å². The number of hydrogen-bond acceptors (Lipinski definition) is 6. The van der Waals surface area contributed by atoms with Crippen LogP contribution >= 0.6 is 0 Å². The smallest absolute Gasteiger partial charge is 0.243 e. The van der Waals surface area contributed by atoms with Gasteiger partial charge in [0.25, 0.3) is 0 Å². The van der Waals surface area contributed by atoms with Crippen LogP contribution in [-0.2, 0) is 24.8 Å². The van der Waals surface area contributed by atoms with Crippen molar-refractivity contribution >= 4 is 26.0 Å². The van der Waals surface area contributed by atoms with Crippen molar-refractivity contribution in [3.63, 3.8) is 0 Å². The van der Waals surface area contributed by atoms with Gasteiger partial charge in [-0.15, -0.1) is 0 Å². The molecular formula is C20H32N4O5S2. The molecule has 1 N–H and O–H groups in total. The van der Waals surface area contributed by atoms with Crippen molar-refractivity contribution in [2.45, 2.75) is 47.9 Å². The molecule has 0 radical (unpaired) electrons. The van der Waals surface area contributed by atoms with Crippen molar-refractivity contribution in [1.29, 1.82) is 0 Å². The van der Waals surface area contributed by atoms with E-state index in [1.54, 1.807) is 19.0 Å². The lowest BCUT2D eigenvalue weighted by Crippen LogP contribution is -2.43. The highest BCUT2D eigenvalue weighted by Gasteiger charge is 2.31. The van der Waals surface area contributed by atoms with Crippen LogP contribution in [0.25, 0.3) is 0 Å². The molecule has 2 heterocycles. The third kappa shape index (κ3) is 5.64. The number of rotatable bonds is 9. The summed E-state index contributed by atoms with van der Waals surface area (Å²) in [6, 6.07) is 5.24. The van der Waals surface area contributed by atoms with Gasteiger partial charge in [0.1, 0.15) is 0 Å². The van der Waals surface area contributed by atoms with Crippen LogP contribution < -0.4 is 4.72 Å². The summed E-state index contributed by atoms with van der Waals surface area (Å²) in [6.45, 7) is 2.73. The predicted molar refractivity (Wildman–Crippen MR) is 118 cm³/mol. The number of nitrogens with one attached hydrogen (secondary N) is 1. The molecule has 2 aliphatic heterocycles. The first-order valence-electron chi connectivity index (χ1n) is 10.7. The van der Waals surface area contributed by atoms with Crippen LogP contribution in [0.15, 0.2) is 34.1 Å². The van der Waals surface area contributed by atoms with E-state index in [0.717, 1.165) is 32.2 Å². The summed E-state index contributed by atoms with van der Waals surface area (Å²) in [5.41, 5.74) is 0. The van der Waals surface area contributed by atoms with Gasteiger partial charge in [-0.25, -0.2) is 21.6 Å². The highest BCUT2D eigenvalue weighted by molar-refractivity contribution is 7.89. The quantitative estimate of drug-likeness (QED) is 0.530. The SMILES string of the molecule is CN(C)C(=O)C1CCCN1CCCNS(=O)(=O)c1ccc(S(=O)(=O)N2CCCC2)cc1. The second-order valence-corrected chi connectivity index (χ2v) is 12.0. The van der Waals surface area contributed by atoms with Crippen LogP contribution in [0.3, 0.4) is 0 Å². The summed E-state index contributed by atoms with van der Waals surface area (Å²) in [4.78, 5) is 16.1. The van der Waals surface area contributed by atoms with E-state index in [-0.39, 0.29) is 28.3 Å². The zero-order chi connectivity index (χ0) is 22.6. The predicted octanol–water partition coefficient (Wildman–Crippen LogP) is 0.692. The Morgan fingerprint density at radius 3 is 2.23 bits per heavy atom. The molecule has 9 nitrogen and oxygen atoms in total. The maximum Gasteiger partial charge on any atom is 0.243 e. The minimum atomic E-state index is -3.73. The van der Waals surface area contributed by atoms with Crippen molar-refractivity contribution in [1.82, 2.24) is 18.8 Å². The molecule has 1 aromatic rings. The highest BCUT2D eigenvalue weighted by Crippen LogP contribution is 2.22. The lowest BCUT2D eigenvalue weighted by atomic mass is 10.2. The number of likely N-dealkylation sites (tertiary alicyclic amines) is 1. The standard InChI is InChI=1S/C20H32N4O5S2/c1-22(2)20(25)19-7-5-13-23(19)14-6-12-21-30(26,27)17-8-10-18(11-9-17)31(28,29)24-15-3-4-16-24/h8-11,19,21H,3-7,12-16H2,1-2H3. The summed E-state index contributed by atoms with van der Waals surface area (Å²) < 4.78 is 54.3. The fraction of sp³-hybridized carbons (Fsp3) is 0.650. The number of likely N-dealkylation sites (N-methyl/N-ethyl adjacent to an activating group) is 1.